The summed E-state index contributed by atoms with van der Waals surface area (Å²) in [4.78, 5) is 15.8. The molecule has 0 bridgehead atoms. The summed E-state index contributed by atoms with van der Waals surface area (Å²) in [6.07, 6.45) is 0. The summed E-state index contributed by atoms with van der Waals surface area (Å²) in [5.74, 6) is 0.653. The van der Waals surface area contributed by atoms with Crippen LogP contribution < -0.4 is 4.74 Å². The van der Waals surface area contributed by atoms with E-state index in [1.807, 2.05) is 36.4 Å². The van der Waals surface area contributed by atoms with E-state index in [1.54, 1.807) is 4.57 Å². The van der Waals surface area contributed by atoms with Crippen molar-refractivity contribution in [2.75, 3.05) is 12.4 Å². The van der Waals surface area contributed by atoms with Crippen LogP contribution in [0.25, 0.3) is 11.0 Å². The largest absolute Gasteiger partial charge is 0.493 e. The van der Waals surface area contributed by atoms with Gasteiger partial charge < -0.3 is 14.4 Å². The fraction of sp³-hybridized carbons (Fsp3) is 0.333. The zero-order chi connectivity index (χ0) is 19.4. The normalized spacial score (nSPS) is 11.7. The first-order valence-corrected chi connectivity index (χ1v) is 9.86. The van der Waals surface area contributed by atoms with Crippen molar-refractivity contribution in [1.29, 1.82) is 0 Å². The molecule has 1 heterocycles. The third-order valence-corrected chi connectivity index (χ3v) is 5.14. The minimum absolute atomic E-state index is 0.0792. The highest BCUT2D eigenvalue weighted by atomic mass is 32.2. The average Bonchev–Trinajstić information content (AvgIpc) is 2.95. The van der Waals surface area contributed by atoms with E-state index in [0.29, 0.717) is 17.5 Å². The van der Waals surface area contributed by atoms with Crippen LogP contribution in [0.1, 0.15) is 26.3 Å². The molecule has 0 aliphatic heterocycles. The fourth-order valence-corrected chi connectivity index (χ4v) is 3.63. The van der Waals surface area contributed by atoms with E-state index in [4.69, 9.17) is 4.74 Å². The Bertz CT molecular complexity index is 944. The predicted octanol–water partition coefficient (Wildman–Crippen LogP) is 4.59. The van der Waals surface area contributed by atoms with Crippen LogP contribution in [0.15, 0.2) is 53.7 Å². The lowest BCUT2D eigenvalue weighted by Gasteiger charge is -2.19. The summed E-state index contributed by atoms with van der Waals surface area (Å²) >= 11 is 1.51. The number of imidazole rings is 1. The van der Waals surface area contributed by atoms with Gasteiger partial charge in [0.1, 0.15) is 12.3 Å². The maximum Gasteiger partial charge on any atom is 0.323 e. The lowest BCUT2D eigenvalue weighted by atomic mass is 9.87. The number of carboxylic acids is 1. The van der Waals surface area contributed by atoms with Gasteiger partial charge in [0.2, 0.25) is 0 Å². The molecule has 27 heavy (non-hydrogen) atoms. The number of hydrogen-bond acceptors (Lipinski definition) is 4. The molecule has 0 saturated heterocycles. The first-order valence-electron chi connectivity index (χ1n) is 8.88. The van der Waals surface area contributed by atoms with E-state index in [1.165, 1.54) is 17.3 Å². The van der Waals surface area contributed by atoms with Crippen LogP contribution in [0.5, 0.6) is 5.75 Å². The van der Waals surface area contributed by atoms with Crippen LogP contribution in [-0.2, 0) is 16.8 Å². The molecule has 6 heteroatoms. The molecule has 1 aromatic heterocycles. The number of carboxylic acid groups (broad SMARTS) is 1. The SMILES string of the molecule is CC(C)(C)c1cccc(OCCSc2nc3ccccc3n2CC(=O)O)c1. The number of carbonyl (C=O) groups is 1. The standard InChI is InChI=1S/C21H24N2O3S/c1-21(2,3)15-7-6-8-16(13-15)26-11-12-27-20-22-17-9-4-5-10-18(17)23(20)14-19(24)25/h4-10,13H,11-12,14H2,1-3H3,(H,24,25). The Kier molecular flexibility index (Phi) is 5.75. The van der Waals surface area contributed by atoms with Gasteiger partial charge in [-0.3, -0.25) is 4.79 Å². The second kappa shape index (κ2) is 8.05. The Morgan fingerprint density at radius 1 is 1.19 bits per heavy atom. The Morgan fingerprint density at radius 2 is 1.96 bits per heavy atom. The summed E-state index contributed by atoms with van der Waals surface area (Å²) in [7, 11) is 0. The number of aromatic nitrogens is 2. The number of hydrogen-bond donors (Lipinski definition) is 1. The van der Waals surface area contributed by atoms with Gasteiger partial charge in [0.25, 0.3) is 0 Å². The number of benzene rings is 2. The molecule has 3 rings (SSSR count). The minimum atomic E-state index is -0.879. The Morgan fingerprint density at radius 3 is 2.70 bits per heavy atom. The predicted molar refractivity (Wildman–Crippen MR) is 109 cm³/mol. The maximum absolute atomic E-state index is 11.2. The van der Waals surface area contributed by atoms with Crippen LogP contribution in [0, 0.1) is 0 Å². The monoisotopic (exact) mass is 384 g/mol. The van der Waals surface area contributed by atoms with Gasteiger partial charge in [0.15, 0.2) is 5.16 Å². The number of ether oxygens (including phenoxy) is 1. The van der Waals surface area contributed by atoms with E-state index in [9.17, 15) is 9.90 Å². The molecule has 0 atom stereocenters. The zero-order valence-electron chi connectivity index (χ0n) is 15.8. The van der Waals surface area contributed by atoms with E-state index in [-0.39, 0.29) is 12.0 Å². The van der Waals surface area contributed by atoms with Gasteiger partial charge in [-0.15, -0.1) is 0 Å². The molecule has 0 radical (unpaired) electrons. The van der Waals surface area contributed by atoms with Crippen molar-refractivity contribution in [3.05, 3.63) is 54.1 Å². The molecule has 0 fully saturated rings. The molecule has 0 aliphatic rings. The quantitative estimate of drug-likeness (QED) is 0.477. The van der Waals surface area contributed by atoms with Gasteiger partial charge in [-0.25, -0.2) is 4.98 Å². The van der Waals surface area contributed by atoms with Gasteiger partial charge in [-0.1, -0.05) is 56.8 Å². The highest BCUT2D eigenvalue weighted by Crippen LogP contribution is 2.27. The van der Waals surface area contributed by atoms with Crippen molar-refractivity contribution in [3.8, 4) is 5.75 Å². The smallest absolute Gasteiger partial charge is 0.323 e. The molecule has 1 N–H and O–H groups in total. The fourth-order valence-electron chi connectivity index (χ4n) is 2.80. The summed E-state index contributed by atoms with van der Waals surface area (Å²) < 4.78 is 7.62. The third-order valence-electron chi connectivity index (χ3n) is 4.20. The molecule has 2 aromatic carbocycles. The Labute approximate surface area is 163 Å². The molecular formula is C21H24N2O3S. The maximum atomic E-state index is 11.2. The van der Waals surface area contributed by atoms with Gasteiger partial charge in [0, 0.05) is 5.75 Å². The molecule has 142 valence electrons. The summed E-state index contributed by atoms with van der Waals surface area (Å²) in [6, 6.07) is 15.7. The number of fused-ring (bicyclic) bond motifs is 1. The van der Waals surface area contributed by atoms with Crippen molar-refractivity contribution in [1.82, 2.24) is 9.55 Å². The van der Waals surface area contributed by atoms with Crippen LogP contribution in [0.2, 0.25) is 0 Å². The van der Waals surface area contributed by atoms with Crippen molar-refractivity contribution >= 4 is 28.8 Å². The number of thioether (sulfide) groups is 1. The zero-order valence-corrected chi connectivity index (χ0v) is 16.6. The third kappa shape index (κ3) is 4.83. The lowest BCUT2D eigenvalue weighted by molar-refractivity contribution is -0.137. The van der Waals surface area contributed by atoms with Crippen molar-refractivity contribution in [2.45, 2.75) is 37.9 Å². The Balaban J connectivity index is 1.65. The summed E-state index contributed by atoms with van der Waals surface area (Å²) in [5.41, 5.74) is 2.95. The summed E-state index contributed by atoms with van der Waals surface area (Å²) in [5, 5.41) is 9.90. The number of rotatable bonds is 7. The number of aliphatic carboxylic acids is 1. The molecule has 3 aromatic rings. The number of para-hydroxylation sites is 2. The highest BCUT2D eigenvalue weighted by Gasteiger charge is 2.15. The van der Waals surface area contributed by atoms with Gasteiger partial charge in [0.05, 0.1) is 17.6 Å². The van der Waals surface area contributed by atoms with E-state index in [2.05, 4.69) is 37.9 Å². The van der Waals surface area contributed by atoms with Crippen molar-refractivity contribution in [3.63, 3.8) is 0 Å². The minimum Gasteiger partial charge on any atom is -0.493 e. The average molecular weight is 385 g/mol. The highest BCUT2D eigenvalue weighted by molar-refractivity contribution is 7.99. The van der Waals surface area contributed by atoms with Crippen LogP contribution >= 0.6 is 11.8 Å². The van der Waals surface area contributed by atoms with Crippen molar-refractivity contribution < 1.29 is 14.6 Å². The summed E-state index contributed by atoms with van der Waals surface area (Å²) in [6.45, 7) is 6.95. The molecular weight excluding hydrogens is 360 g/mol. The first kappa shape index (κ1) is 19.3. The van der Waals surface area contributed by atoms with Gasteiger partial charge in [-0.2, -0.15) is 0 Å². The van der Waals surface area contributed by atoms with Crippen LogP contribution in [-0.4, -0.2) is 33.0 Å². The first-order chi connectivity index (χ1) is 12.8. The van der Waals surface area contributed by atoms with E-state index in [0.717, 1.165) is 16.8 Å². The second-order valence-electron chi connectivity index (χ2n) is 7.34. The lowest BCUT2D eigenvalue weighted by Crippen LogP contribution is -2.11. The van der Waals surface area contributed by atoms with Crippen molar-refractivity contribution in [2.24, 2.45) is 0 Å². The van der Waals surface area contributed by atoms with E-state index >= 15 is 0 Å². The van der Waals surface area contributed by atoms with Gasteiger partial charge >= 0.3 is 5.97 Å². The Hall–Kier alpha value is -2.47. The number of nitrogens with zero attached hydrogens (tertiary/aromatic N) is 2. The molecule has 0 saturated carbocycles. The molecule has 5 nitrogen and oxygen atoms in total. The van der Waals surface area contributed by atoms with E-state index < -0.39 is 5.97 Å². The molecule has 0 unspecified atom stereocenters. The molecule has 0 amide bonds. The van der Waals surface area contributed by atoms with Crippen LogP contribution in [0.3, 0.4) is 0 Å². The molecule has 0 spiro atoms. The topological polar surface area (TPSA) is 64.4 Å². The second-order valence-corrected chi connectivity index (χ2v) is 8.40. The van der Waals surface area contributed by atoms with Crippen LogP contribution in [0.4, 0.5) is 0 Å². The molecule has 0 aliphatic carbocycles. The van der Waals surface area contributed by atoms with Gasteiger partial charge in [-0.05, 0) is 35.2 Å².